The van der Waals surface area contributed by atoms with E-state index in [1.54, 1.807) is 18.2 Å². The van der Waals surface area contributed by atoms with Crippen LogP contribution in [0.1, 0.15) is 16.7 Å². The summed E-state index contributed by atoms with van der Waals surface area (Å²) in [6, 6.07) is 5.15. The largest absolute Gasteiger partial charge is 0.493 e. The van der Waals surface area contributed by atoms with Crippen molar-refractivity contribution >= 4 is 11.5 Å². The summed E-state index contributed by atoms with van der Waals surface area (Å²) in [6.45, 7) is -0.307. The van der Waals surface area contributed by atoms with Gasteiger partial charge in [-0.05, 0) is 35.7 Å². The Kier molecular flexibility index (Phi) is 5.75. The number of carbonyl (C=O) groups is 1. The third-order valence-corrected chi connectivity index (χ3v) is 5.70. The fraction of sp³-hybridized carbons (Fsp3) is 0.348. The quantitative estimate of drug-likeness (QED) is 0.665. The zero-order valence-electron chi connectivity index (χ0n) is 18.2. The number of rotatable bonds is 7. The molecule has 1 heterocycles. The van der Waals surface area contributed by atoms with Crippen molar-refractivity contribution in [2.24, 2.45) is 5.92 Å². The molecule has 9 heteroatoms. The van der Waals surface area contributed by atoms with Gasteiger partial charge in [0.15, 0.2) is 23.0 Å². The Hall–Kier alpha value is -3.59. The summed E-state index contributed by atoms with van der Waals surface area (Å²) in [5.41, 5.74) is 2.29. The second kappa shape index (κ2) is 8.51. The number of benzene rings is 2. The molecule has 1 aliphatic carbocycles. The molecule has 2 N–H and O–H groups in total. The molecule has 0 spiro atoms. The van der Waals surface area contributed by atoms with Crippen molar-refractivity contribution in [3.63, 3.8) is 0 Å². The third kappa shape index (κ3) is 3.25. The zero-order chi connectivity index (χ0) is 23.0. The van der Waals surface area contributed by atoms with Gasteiger partial charge in [0.25, 0.3) is 0 Å². The number of hydrogen-bond acceptors (Lipinski definition) is 8. The lowest BCUT2D eigenvalue weighted by molar-refractivity contribution is -0.133. The van der Waals surface area contributed by atoms with E-state index in [1.807, 2.05) is 0 Å². The van der Waals surface area contributed by atoms with Crippen molar-refractivity contribution in [2.75, 3.05) is 41.8 Å². The van der Waals surface area contributed by atoms with Crippen molar-refractivity contribution in [1.29, 1.82) is 0 Å². The predicted octanol–water partition coefficient (Wildman–Crippen LogP) is 2.50. The standard InChI is InChI=1S/C23H24O9/c1-27-14-6-12(7-15(28-2)20(14)29-3)17-18-11(5-13(9-24)19(17)23(25)26)8-16-21(22(18)30-4)32-10-31-16/h6-8,13,24H,5,9-10H2,1-4H3,(H,25,26). The van der Waals surface area contributed by atoms with Crippen LogP contribution in [0.5, 0.6) is 34.5 Å². The minimum absolute atomic E-state index is 0.0348. The lowest BCUT2D eigenvalue weighted by Gasteiger charge is -2.30. The Labute approximate surface area is 184 Å². The number of aliphatic carboxylic acids is 1. The van der Waals surface area contributed by atoms with Crippen LogP contribution in [0.4, 0.5) is 0 Å². The third-order valence-electron chi connectivity index (χ3n) is 5.70. The maximum absolute atomic E-state index is 12.4. The summed E-state index contributed by atoms with van der Waals surface area (Å²) >= 11 is 0. The van der Waals surface area contributed by atoms with Gasteiger partial charge in [-0.2, -0.15) is 0 Å². The zero-order valence-corrected chi connectivity index (χ0v) is 18.2. The first-order chi connectivity index (χ1) is 15.5. The number of fused-ring (bicyclic) bond motifs is 2. The fourth-order valence-corrected chi connectivity index (χ4v) is 4.36. The second-order valence-corrected chi connectivity index (χ2v) is 7.27. The summed E-state index contributed by atoms with van der Waals surface area (Å²) in [5, 5.41) is 20.2. The number of aliphatic hydroxyl groups is 1. The van der Waals surface area contributed by atoms with E-state index >= 15 is 0 Å². The molecule has 9 nitrogen and oxygen atoms in total. The number of hydrogen-bond donors (Lipinski definition) is 2. The van der Waals surface area contributed by atoms with Crippen LogP contribution in [0.15, 0.2) is 23.8 Å². The topological polar surface area (TPSA) is 113 Å². The maximum Gasteiger partial charge on any atom is 0.332 e. The monoisotopic (exact) mass is 444 g/mol. The van der Waals surface area contributed by atoms with Gasteiger partial charge in [0.2, 0.25) is 18.3 Å². The van der Waals surface area contributed by atoms with Crippen LogP contribution in [0.3, 0.4) is 0 Å². The highest BCUT2D eigenvalue weighted by Gasteiger charge is 2.38. The van der Waals surface area contributed by atoms with Gasteiger partial charge < -0.3 is 38.6 Å². The molecule has 0 saturated heterocycles. The van der Waals surface area contributed by atoms with E-state index in [0.717, 1.165) is 5.56 Å². The Morgan fingerprint density at radius 3 is 2.19 bits per heavy atom. The van der Waals surface area contributed by atoms with Crippen molar-refractivity contribution in [2.45, 2.75) is 6.42 Å². The predicted molar refractivity (Wildman–Crippen MR) is 113 cm³/mol. The molecule has 2 aromatic carbocycles. The van der Waals surface area contributed by atoms with E-state index in [0.29, 0.717) is 57.6 Å². The van der Waals surface area contributed by atoms with Gasteiger partial charge in [0.05, 0.1) is 40.6 Å². The van der Waals surface area contributed by atoms with E-state index in [4.69, 9.17) is 28.4 Å². The molecule has 1 unspecified atom stereocenters. The highest BCUT2D eigenvalue weighted by molar-refractivity contribution is 6.04. The first-order valence-electron chi connectivity index (χ1n) is 9.87. The maximum atomic E-state index is 12.4. The summed E-state index contributed by atoms with van der Waals surface area (Å²) in [5.74, 6) is 0.622. The molecule has 0 amide bonds. The Morgan fingerprint density at radius 1 is 1.00 bits per heavy atom. The summed E-state index contributed by atoms with van der Waals surface area (Å²) in [6.07, 6.45) is 0.300. The molecule has 0 bridgehead atoms. The van der Waals surface area contributed by atoms with E-state index in [1.165, 1.54) is 28.4 Å². The number of methoxy groups -OCH3 is 4. The highest BCUT2D eigenvalue weighted by atomic mass is 16.7. The van der Waals surface area contributed by atoms with Gasteiger partial charge >= 0.3 is 5.97 Å². The Morgan fingerprint density at radius 2 is 1.66 bits per heavy atom. The molecule has 0 radical (unpaired) electrons. The van der Waals surface area contributed by atoms with Crippen LogP contribution >= 0.6 is 0 Å². The summed E-state index contributed by atoms with van der Waals surface area (Å²) < 4.78 is 33.2. The molecule has 0 fully saturated rings. The van der Waals surface area contributed by atoms with Crippen molar-refractivity contribution in [3.8, 4) is 34.5 Å². The first kappa shape index (κ1) is 21.6. The minimum atomic E-state index is -1.14. The number of aliphatic hydroxyl groups excluding tert-OH is 1. The molecule has 4 rings (SSSR count). The summed E-state index contributed by atoms with van der Waals surface area (Å²) in [4.78, 5) is 12.4. The molecular weight excluding hydrogens is 420 g/mol. The lowest BCUT2D eigenvalue weighted by atomic mass is 9.75. The molecular formula is C23H24O9. The molecule has 1 atom stereocenters. The van der Waals surface area contributed by atoms with Gasteiger partial charge in [0.1, 0.15) is 0 Å². The molecule has 0 saturated carbocycles. The fourth-order valence-electron chi connectivity index (χ4n) is 4.36. The van der Waals surface area contributed by atoms with E-state index in [-0.39, 0.29) is 19.0 Å². The van der Waals surface area contributed by atoms with Crippen molar-refractivity contribution in [3.05, 3.63) is 40.5 Å². The number of carboxylic acids is 1. The first-order valence-corrected chi connectivity index (χ1v) is 9.87. The SMILES string of the molecule is COc1cc(C2=C(C(=O)O)C(CO)Cc3cc4c(c(OC)c32)OCO4)cc(OC)c1OC. The van der Waals surface area contributed by atoms with Crippen LogP contribution in [-0.2, 0) is 11.2 Å². The van der Waals surface area contributed by atoms with Crippen LogP contribution in [0.2, 0.25) is 0 Å². The molecule has 2 aliphatic rings. The average molecular weight is 444 g/mol. The van der Waals surface area contributed by atoms with Crippen LogP contribution in [0, 0.1) is 5.92 Å². The number of carboxylic acid groups (broad SMARTS) is 1. The van der Waals surface area contributed by atoms with E-state index in [2.05, 4.69) is 0 Å². The molecule has 32 heavy (non-hydrogen) atoms. The average Bonchev–Trinajstić information content (AvgIpc) is 3.28. The highest BCUT2D eigenvalue weighted by Crippen LogP contribution is 2.53. The molecule has 170 valence electrons. The Bertz CT molecular complexity index is 1080. The number of ether oxygens (including phenoxy) is 6. The van der Waals surface area contributed by atoms with Gasteiger partial charge in [0, 0.05) is 17.1 Å². The van der Waals surface area contributed by atoms with Gasteiger partial charge in [-0.25, -0.2) is 4.79 Å². The van der Waals surface area contributed by atoms with Gasteiger partial charge in [-0.15, -0.1) is 0 Å². The molecule has 0 aromatic heterocycles. The van der Waals surface area contributed by atoms with Crippen LogP contribution < -0.4 is 28.4 Å². The van der Waals surface area contributed by atoms with Crippen LogP contribution in [-0.4, -0.2) is 58.0 Å². The summed E-state index contributed by atoms with van der Waals surface area (Å²) in [7, 11) is 5.95. The van der Waals surface area contributed by atoms with E-state index in [9.17, 15) is 15.0 Å². The van der Waals surface area contributed by atoms with Crippen molar-refractivity contribution < 1.29 is 43.4 Å². The van der Waals surface area contributed by atoms with Crippen molar-refractivity contribution in [1.82, 2.24) is 0 Å². The van der Waals surface area contributed by atoms with Crippen LogP contribution in [0.25, 0.3) is 5.57 Å². The normalized spacial score (nSPS) is 16.5. The van der Waals surface area contributed by atoms with E-state index < -0.39 is 11.9 Å². The minimum Gasteiger partial charge on any atom is -0.493 e. The molecule has 1 aliphatic heterocycles. The molecule has 2 aromatic rings. The lowest BCUT2D eigenvalue weighted by Crippen LogP contribution is -2.25. The van der Waals surface area contributed by atoms with Gasteiger partial charge in [-0.3, -0.25) is 0 Å². The van der Waals surface area contributed by atoms with Gasteiger partial charge in [-0.1, -0.05) is 0 Å². The second-order valence-electron chi connectivity index (χ2n) is 7.27. The smallest absolute Gasteiger partial charge is 0.332 e. The Balaban J connectivity index is 2.10.